The zero-order valence-electron chi connectivity index (χ0n) is 20.5. The number of nitrogen functional groups attached to an aromatic ring is 1. The lowest BCUT2D eigenvalue weighted by Gasteiger charge is -2.33. The number of benzene rings is 1. The highest BCUT2D eigenvalue weighted by Crippen LogP contribution is 2.33. The van der Waals surface area contributed by atoms with Crippen molar-refractivity contribution >= 4 is 29.3 Å². The minimum absolute atomic E-state index is 0.0504. The summed E-state index contributed by atoms with van der Waals surface area (Å²) in [5, 5.41) is 4.53. The van der Waals surface area contributed by atoms with Crippen LogP contribution in [-0.4, -0.2) is 55.7 Å². The molecule has 0 spiro atoms. The van der Waals surface area contributed by atoms with E-state index in [1.165, 1.54) is 0 Å². The fourth-order valence-electron chi connectivity index (χ4n) is 4.32. The van der Waals surface area contributed by atoms with Crippen LogP contribution in [0.25, 0.3) is 33.7 Å². The van der Waals surface area contributed by atoms with Crippen LogP contribution in [0.3, 0.4) is 0 Å². The molecule has 186 valence electrons. The van der Waals surface area contributed by atoms with Crippen LogP contribution in [0.4, 0.5) is 10.6 Å². The number of piperidine rings is 1. The van der Waals surface area contributed by atoms with Gasteiger partial charge in [-0.05, 0) is 51.8 Å². The Morgan fingerprint density at radius 3 is 2.64 bits per heavy atom. The summed E-state index contributed by atoms with van der Waals surface area (Å²) in [6, 6.07) is 9.31. The number of para-hydroxylation sites is 2. The third-order valence-electron chi connectivity index (χ3n) is 6.12. The molecular weight excluding hydrogens is 460 g/mol. The Balaban J connectivity index is 1.39. The van der Waals surface area contributed by atoms with E-state index >= 15 is 0 Å². The predicted octanol–water partition coefficient (Wildman–Crippen LogP) is 4.72. The molecule has 0 unspecified atom stereocenters. The second kappa shape index (κ2) is 9.10. The van der Waals surface area contributed by atoms with E-state index in [9.17, 15) is 9.59 Å². The fourth-order valence-corrected chi connectivity index (χ4v) is 4.32. The molecule has 5 rings (SSSR count). The molecule has 4 aromatic rings. The number of aromatic nitrogens is 4. The minimum Gasteiger partial charge on any atom is -0.444 e. The Labute approximate surface area is 208 Å². The second-order valence-corrected chi connectivity index (χ2v) is 9.87. The highest BCUT2D eigenvalue weighted by molar-refractivity contribution is 5.87. The van der Waals surface area contributed by atoms with E-state index in [4.69, 9.17) is 14.9 Å². The Kier molecular flexibility index (Phi) is 5.95. The van der Waals surface area contributed by atoms with Crippen LogP contribution < -0.4 is 5.73 Å². The first kappa shape index (κ1) is 23.5. The monoisotopic (exact) mass is 488 g/mol. The van der Waals surface area contributed by atoms with Gasteiger partial charge in [0, 0.05) is 36.6 Å². The number of ether oxygens (including phenoxy) is 1. The number of hydrogen-bond donors (Lipinski definition) is 1. The normalized spacial score (nSPS) is 14.8. The highest BCUT2D eigenvalue weighted by atomic mass is 16.6. The molecule has 10 nitrogen and oxygen atoms in total. The number of hydrogen-bond acceptors (Lipinski definition) is 8. The minimum atomic E-state index is -0.534. The van der Waals surface area contributed by atoms with Gasteiger partial charge in [-0.3, -0.25) is 9.48 Å². The predicted molar refractivity (Wildman–Crippen MR) is 134 cm³/mol. The van der Waals surface area contributed by atoms with Crippen molar-refractivity contribution in [2.45, 2.75) is 45.3 Å². The van der Waals surface area contributed by atoms with Gasteiger partial charge in [0.25, 0.3) is 0 Å². The molecule has 1 fully saturated rings. The Morgan fingerprint density at radius 1 is 1.19 bits per heavy atom. The first-order chi connectivity index (χ1) is 17.2. The number of oxazole rings is 1. The van der Waals surface area contributed by atoms with E-state index in [-0.39, 0.29) is 18.0 Å². The van der Waals surface area contributed by atoms with Gasteiger partial charge in [0.1, 0.15) is 22.6 Å². The van der Waals surface area contributed by atoms with E-state index in [0.717, 1.165) is 11.8 Å². The first-order valence-corrected chi connectivity index (χ1v) is 11.9. The molecule has 2 N–H and O–H groups in total. The first-order valence-electron chi connectivity index (χ1n) is 11.9. The Bertz CT molecular complexity index is 1390. The van der Waals surface area contributed by atoms with Gasteiger partial charge in [0.15, 0.2) is 11.9 Å². The van der Waals surface area contributed by atoms with Gasteiger partial charge in [0.2, 0.25) is 5.89 Å². The van der Waals surface area contributed by atoms with E-state index in [1.54, 1.807) is 15.8 Å². The molecule has 0 aliphatic carbocycles. The molecule has 1 amide bonds. The van der Waals surface area contributed by atoms with Crippen molar-refractivity contribution in [3.05, 3.63) is 48.4 Å². The summed E-state index contributed by atoms with van der Waals surface area (Å²) >= 11 is 0. The summed E-state index contributed by atoms with van der Waals surface area (Å²) in [5.41, 5.74) is 9.15. The summed E-state index contributed by atoms with van der Waals surface area (Å²) in [7, 11) is 0. The van der Waals surface area contributed by atoms with Gasteiger partial charge in [-0.2, -0.15) is 5.10 Å². The number of pyridine rings is 1. The quantitative estimate of drug-likeness (QED) is 0.409. The molecule has 1 aliphatic rings. The summed E-state index contributed by atoms with van der Waals surface area (Å²) in [6.45, 7) is 6.66. The molecule has 10 heteroatoms. The number of rotatable bonds is 4. The van der Waals surface area contributed by atoms with Crippen molar-refractivity contribution in [2.24, 2.45) is 0 Å². The number of nitrogens with two attached hydrogens (primary N) is 1. The molecule has 0 bridgehead atoms. The summed E-state index contributed by atoms with van der Waals surface area (Å²) in [6.07, 6.45) is 5.29. The lowest BCUT2D eigenvalue weighted by molar-refractivity contribution is 0.0184. The van der Waals surface area contributed by atoms with Crippen LogP contribution in [-0.2, 0) is 4.74 Å². The second-order valence-electron chi connectivity index (χ2n) is 9.87. The molecule has 0 saturated carbocycles. The fraction of sp³-hybridized carbons (Fsp3) is 0.346. The average Bonchev–Trinajstić information content (AvgIpc) is 3.48. The molecule has 1 aromatic carbocycles. The van der Waals surface area contributed by atoms with Gasteiger partial charge in [-0.15, -0.1) is 0 Å². The maximum absolute atomic E-state index is 12.4. The topological polar surface area (TPSA) is 129 Å². The zero-order chi connectivity index (χ0) is 25.4. The summed E-state index contributed by atoms with van der Waals surface area (Å²) in [5.74, 6) is 0.637. The van der Waals surface area contributed by atoms with Crippen molar-refractivity contribution in [1.29, 1.82) is 0 Å². The van der Waals surface area contributed by atoms with Crippen LogP contribution in [0, 0.1) is 0 Å². The highest BCUT2D eigenvalue weighted by Gasteiger charge is 2.28. The van der Waals surface area contributed by atoms with Crippen molar-refractivity contribution in [3.8, 4) is 22.6 Å². The molecule has 1 saturated heterocycles. The third kappa shape index (κ3) is 4.66. The number of anilines is 1. The maximum atomic E-state index is 12.4. The van der Waals surface area contributed by atoms with E-state index in [0.29, 0.717) is 59.8 Å². The summed E-state index contributed by atoms with van der Waals surface area (Å²) < 4.78 is 13.2. The van der Waals surface area contributed by atoms with Crippen LogP contribution >= 0.6 is 0 Å². The number of aldehydes is 1. The van der Waals surface area contributed by atoms with Crippen molar-refractivity contribution < 1.29 is 18.7 Å². The number of likely N-dealkylation sites (tertiary alicyclic amines) is 1. The van der Waals surface area contributed by atoms with E-state index in [1.807, 2.05) is 57.3 Å². The molecule has 3 aromatic heterocycles. The van der Waals surface area contributed by atoms with Gasteiger partial charge < -0.3 is 19.8 Å². The molecular formula is C26H28N6O4. The Morgan fingerprint density at radius 2 is 1.94 bits per heavy atom. The number of carbonyl (C=O) groups excluding carboxylic acids is 2. The Hall–Kier alpha value is -4.21. The number of nitrogens with zero attached hydrogens (tertiary/aromatic N) is 5. The van der Waals surface area contributed by atoms with Crippen LogP contribution in [0.1, 0.15) is 50.1 Å². The molecule has 1 aliphatic heterocycles. The van der Waals surface area contributed by atoms with Crippen LogP contribution in [0.5, 0.6) is 0 Å². The summed E-state index contributed by atoms with van der Waals surface area (Å²) in [4.78, 5) is 34.8. The van der Waals surface area contributed by atoms with Crippen molar-refractivity contribution in [3.63, 3.8) is 0 Å². The molecule has 0 atom stereocenters. The van der Waals surface area contributed by atoms with Gasteiger partial charge in [0.05, 0.1) is 11.6 Å². The standard InChI is InChI=1S/C26H28N6O4/c1-26(2,3)36-25(34)31-10-8-17(9-11-31)32-14-19(21(15-33)30-32)16-12-18(23(27)28-13-16)24-29-20-6-4-5-7-22(20)35-24/h4-7,12-15,17H,8-11H2,1-3H3,(H2,27,28). The largest absolute Gasteiger partial charge is 0.444 e. The maximum Gasteiger partial charge on any atom is 0.410 e. The zero-order valence-corrected chi connectivity index (χ0v) is 20.5. The number of fused-ring (bicyclic) bond motifs is 1. The number of carbonyl (C=O) groups is 2. The lowest BCUT2D eigenvalue weighted by atomic mass is 10.0. The molecule has 0 radical (unpaired) electrons. The molecule has 4 heterocycles. The average molecular weight is 489 g/mol. The van der Waals surface area contributed by atoms with E-state index < -0.39 is 5.60 Å². The van der Waals surface area contributed by atoms with Gasteiger partial charge in [-0.25, -0.2) is 14.8 Å². The third-order valence-corrected chi connectivity index (χ3v) is 6.12. The van der Waals surface area contributed by atoms with Gasteiger partial charge in [-0.1, -0.05) is 12.1 Å². The SMILES string of the molecule is CC(C)(C)OC(=O)N1CCC(n2cc(-c3cnc(N)c(-c4nc5ccccc5o4)c3)c(C=O)n2)CC1. The molecule has 36 heavy (non-hydrogen) atoms. The van der Waals surface area contributed by atoms with Crippen LogP contribution in [0.15, 0.2) is 47.1 Å². The lowest BCUT2D eigenvalue weighted by Crippen LogP contribution is -2.42. The van der Waals surface area contributed by atoms with Crippen molar-refractivity contribution in [1.82, 2.24) is 24.6 Å². The number of amides is 1. The van der Waals surface area contributed by atoms with Gasteiger partial charge >= 0.3 is 6.09 Å². The van der Waals surface area contributed by atoms with Crippen molar-refractivity contribution in [2.75, 3.05) is 18.8 Å². The van der Waals surface area contributed by atoms with Crippen LogP contribution in [0.2, 0.25) is 0 Å². The smallest absolute Gasteiger partial charge is 0.410 e. The van der Waals surface area contributed by atoms with E-state index in [2.05, 4.69) is 15.1 Å².